The van der Waals surface area contributed by atoms with Crippen molar-refractivity contribution in [3.8, 4) is 0 Å². The SMILES string of the molecule is C=CC1=C(C)CC(COC(=O)c2ccccc2)(COC(=O)c2ccccc2)C1. The van der Waals surface area contributed by atoms with Crippen molar-refractivity contribution in [3.63, 3.8) is 0 Å². The van der Waals surface area contributed by atoms with Crippen LogP contribution in [0.15, 0.2) is 84.5 Å². The minimum atomic E-state index is -0.470. The van der Waals surface area contributed by atoms with Crippen LogP contribution in [-0.2, 0) is 9.47 Å². The smallest absolute Gasteiger partial charge is 0.338 e. The second-order valence-corrected chi connectivity index (χ2v) is 7.25. The highest BCUT2D eigenvalue weighted by Gasteiger charge is 2.39. The molecular weight excluding hydrogens is 352 g/mol. The monoisotopic (exact) mass is 376 g/mol. The Bertz CT molecular complexity index is 826. The van der Waals surface area contributed by atoms with Crippen molar-refractivity contribution in [1.29, 1.82) is 0 Å². The maximum Gasteiger partial charge on any atom is 0.338 e. The first-order chi connectivity index (χ1) is 13.5. The lowest BCUT2D eigenvalue weighted by molar-refractivity contribution is -0.00226. The van der Waals surface area contributed by atoms with E-state index in [4.69, 9.17) is 9.47 Å². The zero-order valence-electron chi connectivity index (χ0n) is 16.0. The molecule has 0 spiro atoms. The van der Waals surface area contributed by atoms with Gasteiger partial charge in [-0.05, 0) is 49.6 Å². The summed E-state index contributed by atoms with van der Waals surface area (Å²) < 4.78 is 11.2. The molecule has 1 aliphatic rings. The molecule has 0 bridgehead atoms. The predicted molar refractivity (Wildman–Crippen MR) is 108 cm³/mol. The summed E-state index contributed by atoms with van der Waals surface area (Å²) in [4.78, 5) is 24.7. The Hall–Kier alpha value is -3.14. The number of allylic oxidation sites excluding steroid dienone is 3. The molecule has 0 aliphatic heterocycles. The first-order valence-electron chi connectivity index (χ1n) is 9.28. The van der Waals surface area contributed by atoms with Gasteiger partial charge in [-0.15, -0.1) is 0 Å². The normalized spacial score (nSPS) is 15.2. The molecule has 0 saturated heterocycles. The van der Waals surface area contributed by atoms with Crippen molar-refractivity contribution >= 4 is 11.9 Å². The highest BCUT2D eigenvalue weighted by atomic mass is 16.5. The van der Waals surface area contributed by atoms with Crippen LogP contribution in [0.25, 0.3) is 0 Å². The Morgan fingerprint density at radius 1 is 0.893 bits per heavy atom. The zero-order valence-corrected chi connectivity index (χ0v) is 16.0. The van der Waals surface area contributed by atoms with E-state index in [9.17, 15) is 9.59 Å². The molecule has 2 aromatic rings. The molecule has 144 valence electrons. The van der Waals surface area contributed by atoms with E-state index in [0.717, 1.165) is 5.57 Å². The van der Waals surface area contributed by atoms with E-state index >= 15 is 0 Å². The largest absolute Gasteiger partial charge is 0.461 e. The van der Waals surface area contributed by atoms with Crippen LogP contribution in [0.4, 0.5) is 0 Å². The topological polar surface area (TPSA) is 52.6 Å². The van der Waals surface area contributed by atoms with Gasteiger partial charge in [-0.25, -0.2) is 9.59 Å². The fourth-order valence-corrected chi connectivity index (χ4v) is 3.54. The van der Waals surface area contributed by atoms with Gasteiger partial charge in [-0.3, -0.25) is 0 Å². The summed E-state index contributed by atoms with van der Waals surface area (Å²) in [6, 6.07) is 17.8. The van der Waals surface area contributed by atoms with Crippen LogP contribution in [0.1, 0.15) is 40.5 Å². The second-order valence-electron chi connectivity index (χ2n) is 7.25. The van der Waals surface area contributed by atoms with Gasteiger partial charge in [0, 0.05) is 5.41 Å². The Kier molecular flexibility index (Phi) is 6.09. The van der Waals surface area contributed by atoms with Crippen molar-refractivity contribution < 1.29 is 19.1 Å². The van der Waals surface area contributed by atoms with Gasteiger partial charge >= 0.3 is 11.9 Å². The summed E-state index contributed by atoms with van der Waals surface area (Å²) in [5.41, 5.74) is 2.84. The molecule has 0 heterocycles. The third kappa shape index (κ3) is 4.58. The number of esters is 2. The third-order valence-corrected chi connectivity index (χ3v) is 5.04. The average Bonchev–Trinajstić information content (AvgIpc) is 3.07. The van der Waals surface area contributed by atoms with E-state index in [1.54, 1.807) is 48.5 Å². The Labute approximate surface area is 165 Å². The van der Waals surface area contributed by atoms with E-state index in [1.165, 1.54) is 5.57 Å². The quantitative estimate of drug-likeness (QED) is 0.639. The van der Waals surface area contributed by atoms with Gasteiger partial charge in [0.2, 0.25) is 0 Å². The van der Waals surface area contributed by atoms with E-state index in [0.29, 0.717) is 24.0 Å². The van der Waals surface area contributed by atoms with Gasteiger partial charge in [0.05, 0.1) is 11.1 Å². The zero-order chi connectivity index (χ0) is 20.0. The minimum absolute atomic E-state index is 0.178. The van der Waals surface area contributed by atoms with Crippen molar-refractivity contribution in [2.45, 2.75) is 19.8 Å². The van der Waals surface area contributed by atoms with Gasteiger partial charge in [0.15, 0.2) is 0 Å². The molecule has 0 radical (unpaired) electrons. The van der Waals surface area contributed by atoms with Crippen LogP contribution in [0.3, 0.4) is 0 Å². The van der Waals surface area contributed by atoms with E-state index in [-0.39, 0.29) is 25.2 Å². The molecule has 0 amide bonds. The number of ether oxygens (including phenoxy) is 2. The van der Waals surface area contributed by atoms with E-state index in [2.05, 4.69) is 6.58 Å². The van der Waals surface area contributed by atoms with E-state index < -0.39 is 5.41 Å². The van der Waals surface area contributed by atoms with Crippen LogP contribution in [0, 0.1) is 5.41 Å². The predicted octanol–water partition coefficient (Wildman–Crippen LogP) is 4.98. The number of carbonyl (C=O) groups is 2. The second kappa shape index (κ2) is 8.70. The standard InChI is InChI=1S/C24H24O4/c1-3-19-15-24(14-18(19)2,16-27-22(25)20-10-6-4-7-11-20)17-28-23(26)21-12-8-5-9-13-21/h3-13H,1,14-17H2,2H3. The molecule has 0 aromatic heterocycles. The molecule has 0 fully saturated rings. The lowest BCUT2D eigenvalue weighted by Gasteiger charge is -2.28. The van der Waals surface area contributed by atoms with Crippen LogP contribution in [0.5, 0.6) is 0 Å². The third-order valence-electron chi connectivity index (χ3n) is 5.04. The Morgan fingerprint density at radius 2 is 1.36 bits per heavy atom. The number of hydrogen-bond donors (Lipinski definition) is 0. The summed E-state index contributed by atoms with van der Waals surface area (Å²) >= 11 is 0. The van der Waals surface area contributed by atoms with Crippen LogP contribution in [-0.4, -0.2) is 25.2 Å². The molecule has 4 nitrogen and oxygen atoms in total. The molecule has 0 unspecified atom stereocenters. The van der Waals surface area contributed by atoms with E-state index in [1.807, 2.05) is 25.1 Å². The van der Waals surface area contributed by atoms with Gasteiger partial charge in [0.1, 0.15) is 13.2 Å². The molecule has 4 heteroatoms. The Balaban J connectivity index is 1.69. The molecular formula is C24H24O4. The van der Waals surface area contributed by atoms with Crippen LogP contribution in [0.2, 0.25) is 0 Å². The lowest BCUT2D eigenvalue weighted by Crippen LogP contribution is -2.33. The highest BCUT2D eigenvalue weighted by molar-refractivity contribution is 5.89. The number of rotatable bonds is 7. The van der Waals surface area contributed by atoms with Gasteiger partial charge in [-0.2, -0.15) is 0 Å². The average molecular weight is 376 g/mol. The Morgan fingerprint density at radius 3 is 1.75 bits per heavy atom. The molecule has 0 N–H and O–H groups in total. The van der Waals surface area contributed by atoms with Crippen molar-refractivity contribution in [3.05, 3.63) is 95.6 Å². The summed E-state index contributed by atoms with van der Waals surface area (Å²) in [5, 5.41) is 0. The maximum absolute atomic E-state index is 12.4. The number of benzene rings is 2. The first-order valence-corrected chi connectivity index (χ1v) is 9.28. The number of hydrogen-bond acceptors (Lipinski definition) is 4. The summed E-state index contributed by atoms with van der Waals surface area (Å²) in [6.07, 6.45) is 3.18. The van der Waals surface area contributed by atoms with Crippen molar-refractivity contribution in [1.82, 2.24) is 0 Å². The van der Waals surface area contributed by atoms with Crippen LogP contribution < -0.4 is 0 Å². The maximum atomic E-state index is 12.4. The fourth-order valence-electron chi connectivity index (χ4n) is 3.54. The van der Waals surface area contributed by atoms with Crippen molar-refractivity contribution in [2.75, 3.05) is 13.2 Å². The first kappa shape index (κ1) is 19.6. The molecule has 28 heavy (non-hydrogen) atoms. The summed E-state index contributed by atoms with van der Waals surface area (Å²) in [7, 11) is 0. The van der Waals surface area contributed by atoms with Gasteiger partial charge < -0.3 is 9.47 Å². The summed E-state index contributed by atoms with van der Waals surface area (Å²) in [5.74, 6) is -0.752. The van der Waals surface area contributed by atoms with Gasteiger partial charge in [0.25, 0.3) is 0 Å². The highest BCUT2D eigenvalue weighted by Crippen LogP contribution is 2.43. The molecule has 2 aromatic carbocycles. The van der Waals surface area contributed by atoms with Gasteiger partial charge in [-0.1, -0.05) is 54.6 Å². The van der Waals surface area contributed by atoms with Crippen molar-refractivity contribution in [2.24, 2.45) is 5.41 Å². The molecule has 0 saturated carbocycles. The fraction of sp³-hybridized carbons (Fsp3) is 0.250. The molecule has 1 aliphatic carbocycles. The van der Waals surface area contributed by atoms with Crippen LogP contribution >= 0.6 is 0 Å². The lowest BCUT2D eigenvalue weighted by atomic mass is 9.85. The molecule has 3 rings (SSSR count). The number of carbonyl (C=O) groups excluding carboxylic acids is 2. The minimum Gasteiger partial charge on any atom is -0.461 e. The summed E-state index contributed by atoms with van der Waals surface area (Å²) in [6.45, 7) is 6.27. The molecule has 0 atom stereocenters.